The molecule has 1 aromatic heterocycles. The van der Waals surface area contributed by atoms with Crippen LogP contribution in [0.2, 0.25) is 0 Å². The molecule has 2 heterocycles. The van der Waals surface area contributed by atoms with Crippen LogP contribution in [-0.2, 0) is 6.54 Å². The van der Waals surface area contributed by atoms with Gasteiger partial charge in [0.25, 0.3) is 0 Å². The van der Waals surface area contributed by atoms with Gasteiger partial charge in [0, 0.05) is 31.9 Å². The van der Waals surface area contributed by atoms with Crippen molar-refractivity contribution in [2.75, 3.05) is 29.1 Å². The van der Waals surface area contributed by atoms with E-state index in [0.717, 1.165) is 17.8 Å². The van der Waals surface area contributed by atoms with Crippen LogP contribution in [-0.4, -0.2) is 34.5 Å². The molecule has 1 aliphatic heterocycles. The third kappa shape index (κ3) is 2.75. The van der Waals surface area contributed by atoms with E-state index in [2.05, 4.69) is 33.9 Å². The van der Waals surface area contributed by atoms with E-state index in [4.69, 9.17) is 5.73 Å². The normalized spacial score (nSPS) is 17.6. The number of likely N-dealkylation sites (N-methyl/N-ethyl adjacent to an activating group) is 1. The van der Waals surface area contributed by atoms with E-state index in [-0.39, 0.29) is 17.5 Å². The van der Waals surface area contributed by atoms with Crippen molar-refractivity contribution in [2.45, 2.75) is 19.5 Å². The second-order valence-corrected chi connectivity index (χ2v) is 5.68. The largest absolute Gasteiger partial charge is 0.378 e. The fourth-order valence-electron chi connectivity index (χ4n) is 2.88. The highest BCUT2D eigenvalue weighted by Gasteiger charge is 2.26. The van der Waals surface area contributed by atoms with Crippen LogP contribution in [0.15, 0.2) is 30.5 Å². The third-order valence-corrected chi connectivity index (χ3v) is 4.05. The monoisotopic (exact) mass is 314 g/mol. The molecular weight excluding hydrogens is 296 g/mol. The molecule has 120 valence electrons. The average Bonchev–Trinajstić information content (AvgIpc) is 2.64. The molecular formula is C15H18N6O2. The van der Waals surface area contributed by atoms with Crippen molar-refractivity contribution in [1.82, 2.24) is 9.97 Å². The first kappa shape index (κ1) is 15.0. The van der Waals surface area contributed by atoms with Gasteiger partial charge in [-0.1, -0.05) is 18.2 Å². The quantitative estimate of drug-likeness (QED) is 0.666. The molecule has 0 fully saturated rings. The molecule has 23 heavy (non-hydrogen) atoms. The number of anilines is 3. The Balaban J connectivity index is 1.99. The standard InChI is InChI=1S/C15H18N6O2/c1-10-8-19(2)12-6-4-3-5-11(12)9-20(10)15-17-7-13(21(22)23)14(16)18-15/h3-7,10H,8-9H2,1-2H3,(H2,16,17,18). The number of nitrogens with zero attached hydrogens (tertiary/aromatic N) is 5. The Hall–Kier alpha value is -2.90. The second-order valence-electron chi connectivity index (χ2n) is 5.68. The lowest BCUT2D eigenvalue weighted by atomic mass is 10.1. The molecule has 0 bridgehead atoms. The fraction of sp³-hybridized carbons (Fsp3) is 0.333. The van der Waals surface area contributed by atoms with Crippen LogP contribution in [0.5, 0.6) is 0 Å². The summed E-state index contributed by atoms with van der Waals surface area (Å²) in [5.41, 5.74) is 7.75. The molecule has 0 radical (unpaired) electrons. The summed E-state index contributed by atoms with van der Waals surface area (Å²) >= 11 is 0. The minimum absolute atomic E-state index is 0.113. The number of para-hydroxylation sites is 1. The maximum atomic E-state index is 10.9. The molecule has 8 heteroatoms. The lowest BCUT2D eigenvalue weighted by molar-refractivity contribution is -0.384. The first-order chi connectivity index (χ1) is 11.0. The van der Waals surface area contributed by atoms with Gasteiger partial charge in [0.1, 0.15) is 6.20 Å². The van der Waals surface area contributed by atoms with Crippen molar-refractivity contribution >= 4 is 23.1 Å². The van der Waals surface area contributed by atoms with Gasteiger partial charge >= 0.3 is 5.69 Å². The fourth-order valence-corrected chi connectivity index (χ4v) is 2.88. The molecule has 1 aromatic carbocycles. The molecule has 1 unspecified atom stereocenters. The van der Waals surface area contributed by atoms with Gasteiger partial charge in [-0.05, 0) is 18.6 Å². The van der Waals surface area contributed by atoms with Gasteiger partial charge in [-0.15, -0.1) is 0 Å². The smallest absolute Gasteiger partial charge is 0.329 e. The molecule has 0 saturated heterocycles. The van der Waals surface area contributed by atoms with Crippen molar-refractivity contribution in [3.63, 3.8) is 0 Å². The van der Waals surface area contributed by atoms with Crippen molar-refractivity contribution in [3.8, 4) is 0 Å². The van der Waals surface area contributed by atoms with Crippen LogP contribution in [0.1, 0.15) is 12.5 Å². The van der Waals surface area contributed by atoms with Crippen molar-refractivity contribution in [1.29, 1.82) is 0 Å². The van der Waals surface area contributed by atoms with Crippen LogP contribution in [0, 0.1) is 10.1 Å². The molecule has 2 aromatic rings. The zero-order valence-corrected chi connectivity index (χ0v) is 13.0. The lowest BCUT2D eigenvalue weighted by Crippen LogP contribution is -2.39. The van der Waals surface area contributed by atoms with E-state index in [1.165, 1.54) is 6.20 Å². The number of benzene rings is 1. The van der Waals surface area contributed by atoms with Crippen LogP contribution in [0.25, 0.3) is 0 Å². The van der Waals surface area contributed by atoms with E-state index in [0.29, 0.717) is 12.5 Å². The Morgan fingerprint density at radius 1 is 1.39 bits per heavy atom. The van der Waals surface area contributed by atoms with Gasteiger partial charge in [0.15, 0.2) is 0 Å². The number of nitrogen functional groups attached to an aromatic ring is 1. The Labute approximate surface area is 133 Å². The number of hydrogen-bond donors (Lipinski definition) is 1. The van der Waals surface area contributed by atoms with Crippen molar-refractivity contribution in [2.24, 2.45) is 0 Å². The van der Waals surface area contributed by atoms with Gasteiger partial charge in [0.2, 0.25) is 11.8 Å². The minimum Gasteiger partial charge on any atom is -0.378 e. The average molecular weight is 314 g/mol. The Kier molecular flexibility index (Phi) is 3.73. The van der Waals surface area contributed by atoms with Gasteiger partial charge in [-0.2, -0.15) is 4.98 Å². The minimum atomic E-state index is -0.575. The summed E-state index contributed by atoms with van der Waals surface area (Å²) in [5, 5.41) is 10.9. The van der Waals surface area contributed by atoms with Crippen molar-refractivity contribution < 1.29 is 4.92 Å². The summed E-state index contributed by atoms with van der Waals surface area (Å²) in [6.07, 6.45) is 1.17. The Morgan fingerprint density at radius 2 is 2.13 bits per heavy atom. The molecule has 1 atom stereocenters. The Morgan fingerprint density at radius 3 is 2.83 bits per heavy atom. The highest BCUT2D eigenvalue weighted by atomic mass is 16.6. The number of rotatable bonds is 2. The van der Waals surface area contributed by atoms with E-state index >= 15 is 0 Å². The molecule has 0 aliphatic carbocycles. The van der Waals surface area contributed by atoms with Gasteiger partial charge in [0.05, 0.1) is 4.92 Å². The number of aromatic nitrogens is 2. The predicted octanol–water partition coefficient (Wildman–Crippen LogP) is 1.81. The summed E-state index contributed by atoms with van der Waals surface area (Å²) in [6, 6.07) is 8.28. The van der Waals surface area contributed by atoms with Gasteiger partial charge in [-0.25, -0.2) is 4.98 Å². The highest BCUT2D eigenvalue weighted by molar-refractivity contribution is 5.58. The maximum Gasteiger partial charge on any atom is 0.329 e. The number of nitro groups is 1. The molecule has 0 amide bonds. The van der Waals surface area contributed by atoms with Gasteiger partial charge < -0.3 is 15.5 Å². The predicted molar refractivity (Wildman–Crippen MR) is 88.5 cm³/mol. The maximum absolute atomic E-state index is 10.9. The Bertz CT molecular complexity index is 750. The van der Waals surface area contributed by atoms with E-state index < -0.39 is 4.92 Å². The van der Waals surface area contributed by atoms with Crippen LogP contribution >= 0.6 is 0 Å². The highest BCUT2D eigenvalue weighted by Crippen LogP contribution is 2.29. The first-order valence-electron chi connectivity index (χ1n) is 7.30. The molecule has 0 spiro atoms. The summed E-state index contributed by atoms with van der Waals surface area (Å²) in [7, 11) is 2.05. The zero-order valence-electron chi connectivity index (χ0n) is 13.0. The molecule has 8 nitrogen and oxygen atoms in total. The van der Waals surface area contributed by atoms with Crippen LogP contribution < -0.4 is 15.5 Å². The summed E-state index contributed by atoms with van der Waals surface area (Å²) in [4.78, 5) is 22.8. The van der Waals surface area contributed by atoms with Crippen LogP contribution in [0.4, 0.5) is 23.1 Å². The third-order valence-electron chi connectivity index (χ3n) is 4.05. The van der Waals surface area contributed by atoms with Crippen LogP contribution in [0.3, 0.4) is 0 Å². The van der Waals surface area contributed by atoms with Crippen molar-refractivity contribution in [3.05, 3.63) is 46.1 Å². The first-order valence-corrected chi connectivity index (χ1v) is 7.30. The summed E-state index contributed by atoms with van der Waals surface area (Å²) in [6.45, 7) is 3.49. The van der Waals surface area contributed by atoms with E-state index in [9.17, 15) is 10.1 Å². The second kappa shape index (κ2) is 5.71. The number of fused-ring (bicyclic) bond motifs is 1. The summed E-state index contributed by atoms with van der Waals surface area (Å²) in [5.74, 6) is 0.295. The molecule has 1 aliphatic rings. The SMILES string of the molecule is CC1CN(C)c2ccccc2CN1c1ncc([N+](=O)[O-])c(N)n1. The zero-order chi connectivity index (χ0) is 16.6. The van der Waals surface area contributed by atoms with Gasteiger partial charge in [-0.3, -0.25) is 10.1 Å². The molecule has 0 saturated carbocycles. The topological polar surface area (TPSA) is 101 Å². The summed E-state index contributed by atoms with van der Waals surface area (Å²) < 4.78 is 0. The number of nitrogens with two attached hydrogens (primary N) is 1. The number of hydrogen-bond acceptors (Lipinski definition) is 7. The van der Waals surface area contributed by atoms with E-state index in [1.807, 2.05) is 24.1 Å². The lowest BCUT2D eigenvalue weighted by Gasteiger charge is -2.28. The molecule has 3 rings (SSSR count). The van der Waals surface area contributed by atoms with E-state index in [1.54, 1.807) is 0 Å². The molecule has 2 N–H and O–H groups in total.